The highest BCUT2D eigenvalue weighted by Crippen LogP contribution is 2.34. The molecule has 0 spiro atoms. The van der Waals surface area contributed by atoms with Crippen molar-refractivity contribution in [1.29, 1.82) is 0 Å². The minimum atomic E-state index is 0.0630. The third kappa shape index (κ3) is 2.80. The molecule has 1 heterocycles. The van der Waals surface area contributed by atoms with Crippen molar-refractivity contribution in [2.24, 2.45) is 5.92 Å². The van der Waals surface area contributed by atoms with Gasteiger partial charge in [-0.2, -0.15) is 0 Å². The molecule has 17 heavy (non-hydrogen) atoms. The molecule has 0 radical (unpaired) electrons. The average Bonchev–Trinajstić information content (AvgIpc) is 2.86. The van der Waals surface area contributed by atoms with Gasteiger partial charge in [0.15, 0.2) is 5.78 Å². The second-order valence-electron chi connectivity index (χ2n) is 4.96. The maximum Gasteiger partial charge on any atom is 0.171 e. The molecule has 1 aliphatic carbocycles. The average molecular weight is 252 g/mol. The molecular formula is C13H20N2OS. The van der Waals surface area contributed by atoms with Crippen LogP contribution in [0.4, 0.5) is 10.7 Å². The molecule has 2 rings (SSSR count). The number of ketones is 1. The van der Waals surface area contributed by atoms with Gasteiger partial charge in [-0.3, -0.25) is 4.79 Å². The summed E-state index contributed by atoms with van der Waals surface area (Å²) in [5.41, 5.74) is 6.47. The molecule has 0 amide bonds. The lowest BCUT2D eigenvalue weighted by Crippen LogP contribution is -2.22. The summed E-state index contributed by atoms with van der Waals surface area (Å²) in [6.07, 6.45) is 5.41. The summed E-state index contributed by atoms with van der Waals surface area (Å²) in [6, 6.07) is 1.93. The van der Waals surface area contributed by atoms with E-state index in [1.807, 2.05) is 6.07 Å². The van der Waals surface area contributed by atoms with Crippen LogP contribution in [0.5, 0.6) is 0 Å². The standard InChI is InChI=1S/C13H20N2OS/c1-9(16)13-11(14)7-12(17-13)15(2)8-10-5-3-4-6-10/h7,10H,3-6,8,14H2,1-2H3. The number of Topliss-reactive ketones (excluding diaryl/α,β-unsaturated/α-hetero) is 1. The molecule has 0 atom stereocenters. The predicted octanol–water partition coefficient (Wildman–Crippen LogP) is 3.16. The van der Waals surface area contributed by atoms with Crippen molar-refractivity contribution in [3.8, 4) is 0 Å². The zero-order chi connectivity index (χ0) is 12.4. The van der Waals surface area contributed by atoms with E-state index in [-0.39, 0.29) is 5.78 Å². The summed E-state index contributed by atoms with van der Waals surface area (Å²) in [5, 5.41) is 1.11. The second-order valence-corrected chi connectivity index (χ2v) is 5.99. The van der Waals surface area contributed by atoms with Gasteiger partial charge >= 0.3 is 0 Å². The van der Waals surface area contributed by atoms with Crippen molar-refractivity contribution in [1.82, 2.24) is 0 Å². The topological polar surface area (TPSA) is 46.3 Å². The van der Waals surface area contributed by atoms with Gasteiger partial charge in [-0.15, -0.1) is 11.3 Å². The van der Waals surface area contributed by atoms with Crippen molar-refractivity contribution in [3.05, 3.63) is 10.9 Å². The Kier molecular flexibility index (Phi) is 3.72. The van der Waals surface area contributed by atoms with Crippen molar-refractivity contribution >= 4 is 27.8 Å². The molecule has 0 aromatic carbocycles. The van der Waals surface area contributed by atoms with Crippen LogP contribution in [0, 0.1) is 5.92 Å². The first-order valence-electron chi connectivity index (χ1n) is 6.19. The molecule has 2 N–H and O–H groups in total. The monoisotopic (exact) mass is 252 g/mol. The number of carbonyl (C=O) groups is 1. The third-order valence-corrected chi connectivity index (χ3v) is 4.82. The number of rotatable bonds is 4. The Morgan fingerprint density at radius 2 is 2.18 bits per heavy atom. The lowest BCUT2D eigenvalue weighted by atomic mass is 10.1. The largest absolute Gasteiger partial charge is 0.397 e. The predicted molar refractivity (Wildman–Crippen MR) is 74.0 cm³/mol. The highest BCUT2D eigenvalue weighted by Gasteiger charge is 2.19. The van der Waals surface area contributed by atoms with Crippen molar-refractivity contribution in [2.75, 3.05) is 24.2 Å². The Balaban J connectivity index is 2.05. The molecular weight excluding hydrogens is 232 g/mol. The van der Waals surface area contributed by atoms with E-state index in [0.29, 0.717) is 10.6 Å². The Labute approximate surface area is 107 Å². The molecule has 1 aliphatic rings. The van der Waals surface area contributed by atoms with Crippen molar-refractivity contribution in [3.63, 3.8) is 0 Å². The summed E-state index contributed by atoms with van der Waals surface area (Å²) in [4.78, 5) is 14.3. The van der Waals surface area contributed by atoms with Crippen LogP contribution in [-0.4, -0.2) is 19.4 Å². The molecule has 1 saturated carbocycles. The Morgan fingerprint density at radius 1 is 1.53 bits per heavy atom. The lowest BCUT2D eigenvalue weighted by Gasteiger charge is -2.21. The zero-order valence-corrected chi connectivity index (χ0v) is 11.3. The number of anilines is 2. The highest BCUT2D eigenvalue weighted by molar-refractivity contribution is 7.18. The number of thiophene rings is 1. The van der Waals surface area contributed by atoms with Crippen LogP contribution in [-0.2, 0) is 0 Å². The minimum absolute atomic E-state index is 0.0630. The van der Waals surface area contributed by atoms with Gasteiger partial charge in [-0.05, 0) is 24.8 Å². The van der Waals surface area contributed by atoms with Crippen LogP contribution in [0.25, 0.3) is 0 Å². The summed E-state index contributed by atoms with van der Waals surface area (Å²) in [7, 11) is 2.09. The van der Waals surface area contributed by atoms with E-state index in [9.17, 15) is 4.79 Å². The number of nitrogens with two attached hydrogens (primary N) is 1. The molecule has 1 aromatic rings. The summed E-state index contributed by atoms with van der Waals surface area (Å²) < 4.78 is 0. The van der Waals surface area contributed by atoms with Crippen LogP contribution in [0.3, 0.4) is 0 Å². The van der Waals surface area contributed by atoms with Gasteiger partial charge in [-0.1, -0.05) is 12.8 Å². The molecule has 0 aliphatic heterocycles. The van der Waals surface area contributed by atoms with E-state index in [2.05, 4.69) is 11.9 Å². The molecule has 4 heteroatoms. The van der Waals surface area contributed by atoms with Gasteiger partial charge in [-0.25, -0.2) is 0 Å². The number of nitrogens with zero attached hydrogens (tertiary/aromatic N) is 1. The lowest BCUT2D eigenvalue weighted by molar-refractivity contribution is 0.102. The van der Waals surface area contributed by atoms with Crippen LogP contribution < -0.4 is 10.6 Å². The quantitative estimate of drug-likeness (QED) is 0.837. The van der Waals surface area contributed by atoms with Crippen LogP contribution in [0.1, 0.15) is 42.3 Å². The number of nitrogen functional groups attached to an aromatic ring is 1. The van der Waals surface area contributed by atoms with Gasteiger partial charge in [0.05, 0.1) is 15.6 Å². The van der Waals surface area contributed by atoms with Gasteiger partial charge < -0.3 is 10.6 Å². The van der Waals surface area contributed by atoms with E-state index in [4.69, 9.17) is 5.73 Å². The number of hydrogen-bond acceptors (Lipinski definition) is 4. The van der Waals surface area contributed by atoms with Crippen LogP contribution >= 0.6 is 11.3 Å². The smallest absolute Gasteiger partial charge is 0.171 e. The molecule has 1 fully saturated rings. The van der Waals surface area contributed by atoms with E-state index in [0.717, 1.165) is 17.5 Å². The molecule has 0 saturated heterocycles. The first kappa shape index (κ1) is 12.4. The number of hydrogen-bond donors (Lipinski definition) is 1. The Bertz CT molecular complexity index is 408. The fraction of sp³-hybridized carbons (Fsp3) is 0.615. The fourth-order valence-corrected chi connectivity index (χ4v) is 3.47. The summed E-state index contributed by atoms with van der Waals surface area (Å²) in [6.45, 7) is 2.65. The zero-order valence-electron chi connectivity index (χ0n) is 10.5. The molecule has 3 nitrogen and oxygen atoms in total. The SMILES string of the molecule is CC(=O)c1sc(N(C)CC2CCCC2)cc1N. The normalized spacial score (nSPS) is 16.4. The minimum Gasteiger partial charge on any atom is -0.397 e. The van der Waals surface area contributed by atoms with Crippen LogP contribution in [0.2, 0.25) is 0 Å². The summed E-state index contributed by atoms with van der Waals surface area (Å²) in [5.74, 6) is 0.872. The molecule has 0 bridgehead atoms. The van der Waals surface area contributed by atoms with E-state index >= 15 is 0 Å². The van der Waals surface area contributed by atoms with Crippen molar-refractivity contribution in [2.45, 2.75) is 32.6 Å². The van der Waals surface area contributed by atoms with E-state index in [1.165, 1.54) is 37.0 Å². The van der Waals surface area contributed by atoms with Gasteiger partial charge in [0.2, 0.25) is 0 Å². The molecule has 0 unspecified atom stereocenters. The fourth-order valence-electron chi connectivity index (χ4n) is 2.52. The van der Waals surface area contributed by atoms with Gasteiger partial charge in [0.1, 0.15) is 0 Å². The van der Waals surface area contributed by atoms with Gasteiger partial charge in [0, 0.05) is 20.5 Å². The van der Waals surface area contributed by atoms with Gasteiger partial charge in [0.25, 0.3) is 0 Å². The second kappa shape index (κ2) is 5.08. The molecule has 1 aromatic heterocycles. The van der Waals surface area contributed by atoms with Crippen molar-refractivity contribution < 1.29 is 4.79 Å². The maximum absolute atomic E-state index is 11.4. The number of carbonyl (C=O) groups excluding carboxylic acids is 1. The summed E-state index contributed by atoms with van der Waals surface area (Å²) >= 11 is 1.51. The Hall–Kier alpha value is -1.03. The van der Waals surface area contributed by atoms with E-state index in [1.54, 1.807) is 6.92 Å². The third-order valence-electron chi connectivity index (χ3n) is 3.45. The maximum atomic E-state index is 11.4. The first-order valence-corrected chi connectivity index (χ1v) is 7.01. The Morgan fingerprint density at radius 3 is 2.71 bits per heavy atom. The van der Waals surface area contributed by atoms with Crippen LogP contribution in [0.15, 0.2) is 6.07 Å². The first-order chi connectivity index (χ1) is 8.08. The van der Waals surface area contributed by atoms with E-state index < -0.39 is 0 Å². The highest BCUT2D eigenvalue weighted by atomic mass is 32.1. The molecule has 94 valence electrons.